The molecule has 0 radical (unpaired) electrons. The van der Waals surface area contributed by atoms with E-state index in [2.05, 4.69) is 12.0 Å². The lowest BCUT2D eigenvalue weighted by Gasteiger charge is -2.14. The van der Waals surface area contributed by atoms with E-state index in [9.17, 15) is 4.79 Å². The smallest absolute Gasteiger partial charge is 0.282 e. The molecule has 1 heterocycles. The molecular weight excluding hydrogens is 374 g/mol. The van der Waals surface area contributed by atoms with Crippen LogP contribution in [0.15, 0.2) is 88.8 Å². The summed E-state index contributed by atoms with van der Waals surface area (Å²) in [5.41, 5.74) is 2.06. The summed E-state index contributed by atoms with van der Waals surface area (Å²) in [6, 6.07) is 24.6. The summed E-state index contributed by atoms with van der Waals surface area (Å²) < 4.78 is 7.36. The molecule has 1 aromatic heterocycles. The van der Waals surface area contributed by atoms with Gasteiger partial charge in [-0.3, -0.25) is 4.79 Å². The first-order chi connectivity index (χ1) is 14.7. The van der Waals surface area contributed by atoms with Crippen LogP contribution in [-0.2, 0) is 0 Å². The maximum atomic E-state index is 13.2. The molecule has 150 valence electrons. The molecule has 5 heteroatoms. The number of ether oxygens (including phenoxy) is 1. The Balaban J connectivity index is 1.85. The van der Waals surface area contributed by atoms with Crippen molar-refractivity contribution in [1.29, 1.82) is 0 Å². The molecule has 0 spiro atoms. The van der Waals surface area contributed by atoms with Crippen LogP contribution in [0.25, 0.3) is 22.3 Å². The van der Waals surface area contributed by atoms with Gasteiger partial charge in [-0.05, 0) is 37.6 Å². The summed E-state index contributed by atoms with van der Waals surface area (Å²) in [4.78, 5) is 18.0. The van der Waals surface area contributed by atoms with E-state index in [0.717, 1.165) is 23.3 Å². The van der Waals surface area contributed by atoms with Crippen LogP contribution < -0.4 is 10.3 Å². The second-order valence-electron chi connectivity index (χ2n) is 7.05. The number of aromatic nitrogens is 2. The molecule has 0 aliphatic rings. The van der Waals surface area contributed by atoms with Crippen molar-refractivity contribution < 1.29 is 4.74 Å². The van der Waals surface area contributed by atoms with Crippen LogP contribution in [0.2, 0.25) is 0 Å². The molecule has 0 saturated heterocycles. The standard InChI is InChI=1S/C25H23N3O2/c1-3-18(2)30-23-16-10-7-13-20(23)17-26-28-24(19-11-5-4-6-12-19)27-22-15-9-8-14-21(22)25(28)29/h4-18H,3H2,1-2H3/t18-/m1/s1. The van der Waals surface area contributed by atoms with Crippen molar-refractivity contribution in [3.05, 3.63) is 94.8 Å². The fourth-order valence-corrected chi connectivity index (χ4v) is 3.12. The van der Waals surface area contributed by atoms with Crippen molar-refractivity contribution in [3.8, 4) is 17.1 Å². The number of nitrogens with zero attached hydrogens (tertiary/aromatic N) is 3. The normalized spacial score (nSPS) is 12.3. The predicted octanol–water partition coefficient (Wildman–Crippen LogP) is 5.12. The zero-order valence-corrected chi connectivity index (χ0v) is 17.0. The van der Waals surface area contributed by atoms with E-state index in [1.165, 1.54) is 4.68 Å². The molecule has 3 aromatic carbocycles. The first-order valence-corrected chi connectivity index (χ1v) is 10.0. The van der Waals surface area contributed by atoms with Gasteiger partial charge in [-0.2, -0.15) is 9.78 Å². The Morgan fingerprint density at radius 3 is 2.50 bits per heavy atom. The van der Waals surface area contributed by atoms with E-state index in [0.29, 0.717) is 16.7 Å². The quantitative estimate of drug-likeness (QED) is 0.424. The van der Waals surface area contributed by atoms with Gasteiger partial charge >= 0.3 is 0 Å². The van der Waals surface area contributed by atoms with Crippen LogP contribution in [-0.4, -0.2) is 22.0 Å². The third kappa shape index (κ3) is 4.01. The zero-order valence-electron chi connectivity index (χ0n) is 17.0. The fourth-order valence-electron chi connectivity index (χ4n) is 3.12. The molecule has 0 unspecified atom stereocenters. The summed E-state index contributed by atoms with van der Waals surface area (Å²) >= 11 is 0. The Labute approximate surface area is 175 Å². The minimum Gasteiger partial charge on any atom is -0.490 e. The van der Waals surface area contributed by atoms with Crippen molar-refractivity contribution >= 4 is 17.1 Å². The van der Waals surface area contributed by atoms with Gasteiger partial charge in [0, 0.05) is 11.1 Å². The Bertz CT molecular complexity index is 1250. The topological polar surface area (TPSA) is 56.5 Å². The molecule has 5 nitrogen and oxygen atoms in total. The number of para-hydroxylation sites is 2. The lowest BCUT2D eigenvalue weighted by atomic mass is 10.2. The van der Waals surface area contributed by atoms with Crippen molar-refractivity contribution in [3.63, 3.8) is 0 Å². The Hall–Kier alpha value is -3.73. The van der Waals surface area contributed by atoms with Gasteiger partial charge < -0.3 is 4.74 Å². The molecular formula is C25H23N3O2. The lowest BCUT2D eigenvalue weighted by molar-refractivity contribution is 0.217. The minimum atomic E-state index is -0.212. The zero-order chi connectivity index (χ0) is 20.9. The highest BCUT2D eigenvalue weighted by Crippen LogP contribution is 2.21. The van der Waals surface area contributed by atoms with Crippen LogP contribution in [0, 0.1) is 0 Å². The summed E-state index contributed by atoms with van der Waals surface area (Å²) in [7, 11) is 0. The number of hydrogen-bond donors (Lipinski definition) is 0. The highest BCUT2D eigenvalue weighted by Gasteiger charge is 2.12. The second kappa shape index (κ2) is 8.74. The maximum Gasteiger partial charge on any atom is 0.282 e. The molecule has 0 saturated carbocycles. The van der Waals surface area contributed by atoms with Crippen molar-refractivity contribution in [1.82, 2.24) is 9.66 Å². The largest absolute Gasteiger partial charge is 0.490 e. The monoisotopic (exact) mass is 397 g/mol. The van der Waals surface area contributed by atoms with Crippen molar-refractivity contribution in [2.45, 2.75) is 26.4 Å². The van der Waals surface area contributed by atoms with Crippen LogP contribution in [0.4, 0.5) is 0 Å². The number of hydrogen-bond acceptors (Lipinski definition) is 4. The highest BCUT2D eigenvalue weighted by molar-refractivity contribution is 5.84. The van der Waals surface area contributed by atoms with E-state index in [1.807, 2.05) is 79.7 Å². The summed E-state index contributed by atoms with van der Waals surface area (Å²) in [5.74, 6) is 1.23. The van der Waals surface area contributed by atoms with Crippen LogP contribution >= 0.6 is 0 Å². The molecule has 0 bridgehead atoms. The SMILES string of the molecule is CC[C@@H](C)Oc1ccccc1C=Nn1c(-c2ccccc2)nc2ccccc2c1=O. The van der Waals surface area contributed by atoms with E-state index in [1.54, 1.807) is 12.3 Å². The number of benzene rings is 3. The fraction of sp³-hybridized carbons (Fsp3) is 0.160. The van der Waals surface area contributed by atoms with Crippen molar-refractivity contribution in [2.24, 2.45) is 5.10 Å². The lowest BCUT2D eigenvalue weighted by Crippen LogP contribution is -2.20. The summed E-state index contributed by atoms with van der Waals surface area (Å²) in [6.45, 7) is 4.10. The van der Waals surface area contributed by atoms with E-state index < -0.39 is 0 Å². The Morgan fingerprint density at radius 1 is 1.00 bits per heavy atom. The van der Waals surface area contributed by atoms with Gasteiger partial charge in [0.25, 0.3) is 5.56 Å². The first-order valence-electron chi connectivity index (χ1n) is 10.0. The van der Waals surface area contributed by atoms with Crippen molar-refractivity contribution in [2.75, 3.05) is 0 Å². The highest BCUT2D eigenvalue weighted by atomic mass is 16.5. The van der Waals surface area contributed by atoms with Gasteiger partial charge in [-0.1, -0.05) is 61.5 Å². The molecule has 4 rings (SSSR count). The minimum absolute atomic E-state index is 0.0875. The average molecular weight is 397 g/mol. The predicted molar refractivity (Wildman–Crippen MR) is 121 cm³/mol. The second-order valence-corrected chi connectivity index (χ2v) is 7.05. The van der Waals surface area contributed by atoms with Gasteiger partial charge in [0.2, 0.25) is 0 Å². The Kier molecular flexibility index (Phi) is 5.70. The third-order valence-electron chi connectivity index (χ3n) is 4.92. The molecule has 0 amide bonds. The number of fused-ring (bicyclic) bond motifs is 1. The molecule has 1 atom stereocenters. The molecule has 0 N–H and O–H groups in total. The summed E-state index contributed by atoms with van der Waals surface area (Å²) in [5, 5.41) is 5.06. The maximum absolute atomic E-state index is 13.2. The number of rotatable bonds is 6. The van der Waals surface area contributed by atoms with Gasteiger partial charge in [0.05, 0.1) is 23.2 Å². The van der Waals surface area contributed by atoms with Crippen LogP contribution in [0.3, 0.4) is 0 Å². The first kappa shape index (κ1) is 19.6. The molecule has 30 heavy (non-hydrogen) atoms. The van der Waals surface area contributed by atoms with Crippen LogP contribution in [0.1, 0.15) is 25.8 Å². The van der Waals surface area contributed by atoms with Crippen LogP contribution in [0.5, 0.6) is 5.75 Å². The third-order valence-corrected chi connectivity index (χ3v) is 4.92. The van der Waals surface area contributed by atoms with Gasteiger partial charge in [0.1, 0.15) is 5.75 Å². The van der Waals surface area contributed by atoms with E-state index in [4.69, 9.17) is 9.72 Å². The molecule has 0 aliphatic heterocycles. The van der Waals surface area contributed by atoms with E-state index >= 15 is 0 Å². The van der Waals surface area contributed by atoms with Gasteiger partial charge in [-0.15, -0.1) is 0 Å². The molecule has 4 aromatic rings. The molecule has 0 aliphatic carbocycles. The van der Waals surface area contributed by atoms with E-state index in [-0.39, 0.29) is 11.7 Å². The molecule has 0 fully saturated rings. The average Bonchev–Trinajstić information content (AvgIpc) is 2.79. The van der Waals surface area contributed by atoms with Gasteiger partial charge in [0.15, 0.2) is 5.82 Å². The Morgan fingerprint density at radius 2 is 1.70 bits per heavy atom. The van der Waals surface area contributed by atoms with Gasteiger partial charge in [-0.25, -0.2) is 4.98 Å². The summed E-state index contributed by atoms with van der Waals surface area (Å²) in [6.07, 6.45) is 2.64.